The molecule has 0 aromatic heterocycles. The maximum absolute atomic E-state index is 2.37. The van der Waals surface area contributed by atoms with Crippen LogP contribution in [-0.4, -0.2) is 0 Å². The average molecular weight is 435 g/mol. The molecule has 122 valence electrons. The SMILES string of the molecule is CC(C)(c1cccc2c1Cc1ccccc1-2)C1C=CC=C1.[Cl-].[Cl-].[Zr+2]. The quantitative estimate of drug-likeness (QED) is 0.500. The van der Waals surface area contributed by atoms with Crippen LogP contribution >= 0.6 is 0 Å². The molecule has 2 aliphatic rings. The van der Waals surface area contributed by atoms with Gasteiger partial charge in [-0.1, -0.05) is 80.6 Å². The van der Waals surface area contributed by atoms with Crippen molar-refractivity contribution in [2.75, 3.05) is 0 Å². The van der Waals surface area contributed by atoms with Crippen LogP contribution in [0.25, 0.3) is 11.1 Å². The zero-order chi connectivity index (χ0) is 14.4. The zero-order valence-electron chi connectivity index (χ0n) is 13.9. The molecule has 2 aliphatic carbocycles. The molecule has 0 bridgehead atoms. The van der Waals surface area contributed by atoms with Gasteiger partial charge in [-0.3, -0.25) is 0 Å². The van der Waals surface area contributed by atoms with Crippen LogP contribution in [0.2, 0.25) is 0 Å². The number of hydrogen-bond acceptors (Lipinski definition) is 0. The monoisotopic (exact) mass is 432 g/mol. The zero-order valence-corrected chi connectivity index (χ0v) is 17.9. The van der Waals surface area contributed by atoms with Gasteiger partial charge in [-0.15, -0.1) is 0 Å². The van der Waals surface area contributed by atoms with E-state index in [9.17, 15) is 0 Å². The van der Waals surface area contributed by atoms with Crippen molar-refractivity contribution < 1.29 is 51.0 Å². The topological polar surface area (TPSA) is 0 Å². The Morgan fingerprint density at radius 2 is 1.46 bits per heavy atom. The fourth-order valence-corrected chi connectivity index (χ4v) is 3.85. The van der Waals surface area contributed by atoms with E-state index in [0.717, 1.165) is 6.42 Å². The summed E-state index contributed by atoms with van der Waals surface area (Å²) < 4.78 is 0. The van der Waals surface area contributed by atoms with Crippen LogP contribution in [-0.2, 0) is 38.0 Å². The van der Waals surface area contributed by atoms with Gasteiger partial charge in [0.15, 0.2) is 0 Å². The molecule has 3 heteroatoms. The van der Waals surface area contributed by atoms with E-state index in [0.29, 0.717) is 5.92 Å². The largest absolute Gasteiger partial charge is 2.00 e. The Kier molecular flexibility index (Phi) is 7.30. The van der Waals surface area contributed by atoms with Gasteiger partial charge in [-0.2, -0.15) is 0 Å². The molecule has 0 saturated carbocycles. The van der Waals surface area contributed by atoms with E-state index >= 15 is 0 Å². The fraction of sp³-hybridized carbons (Fsp3) is 0.238. The van der Waals surface area contributed by atoms with Crippen molar-refractivity contribution in [3.8, 4) is 11.1 Å². The third-order valence-corrected chi connectivity index (χ3v) is 5.13. The van der Waals surface area contributed by atoms with E-state index in [2.05, 4.69) is 80.6 Å². The van der Waals surface area contributed by atoms with Crippen LogP contribution in [0.3, 0.4) is 0 Å². The van der Waals surface area contributed by atoms with Gasteiger partial charge in [0.1, 0.15) is 0 Å². The van der Waals surface area contributed by atoms with Gasteiger partial charge in [0, 0.05) is 5.92 Å². The van der Waals surface area contributed by atoms with Crippen molar-refractivity contribution in [2.24, 2.45) is 5.92 Å². The van der Waals surface area contributed by atoms with Crippen LogP contribution in [0.15, 0.2) is 66.8 Å². The third kappa shape index (κ3) is 3.36. The predicted molar refractivity (Wildman–Crippen MR) is 89.5 cm³/mol. The van der Waals surface area contributed by atoms with Crippen molar-refractivity contribution in [1.29, 1.82) is 0 Å². The van der Waals surface area contributed by atoms with Gasteiger partial charge in [-0.05, 0) is 39.7 Å². The first kappa shape index (κ1) is 21.4. The summed E-state index contributed by atoms with van der Waals surface area (Å²) in [6.07, 6.45) is 10.1. The molecule has 0 N–H and O–H groups in total. The molecule has 0 saturated heterocycles. The summed E-state index contributed by atoms with van der Waals surface area (Å²) in [7, 11) is 0. The van der Waals surface area contributed by atoms with Crippen molar-refractivity contribution in [3.63, 3.8) is 0 Å². The van der Waals surface area contributed by atoms with E-state index in [-0.39, 0.29) is 56.4 Å². The Balaban J connectivity index is 0.000000960. The minimum atomic E-state index is 0. The first-order chi connectivity index (χ1) is 10.2. The van der Waals surface area contributed by atoms with E-state index in [1.54, 1.807) is 0 Å². The number of fused-ring (bicyclic) bond motifs is 3. The minimum absolute atomic E-state index is 0. The van der Waals surface area contributed by atoms with E-state index in [1.165, 1.54) is 27.8 Å². The van der Waals surface area contributed by atoms with Crippen LogP contribution in [0.1, 0.15) is 30.5 Å². The molecule has 24 heavy (non-hydrogen) atoms. The second kappa shape index (κ2) is 8.17. The van der Waals surface area contributed by atoms with Gasteiger partial charge in [0.2, 0.25) is 0 Å². The van der Waals surface area contributed by atoms with E-state index in [1.807, 2.05) is 0 Å². The van der Waals surface area contributed by atoms with E-state index < -0.39 is 0 Å². The van der Waals surface area contributed by atoms with Crippen molar-refractivity contribution in [1.82, 2.24) is 0 Å². The first-order valence-corrected chi connectivity index (χ1v) is 7.73. The molecule has 2 aromatic rings. The Hall–Kier alpha value is -0.617. The molecule has 0 nitrogen and oxygen atoms in total. The molecule has 0 atom stereocenters. The average Bonchev–Trinajstić information content (AvgIpc) is 3.14. The molecule has 0 heterocycles. The number of halogens is 2. The van der Waals surface area contributed by atoms with Crippen molar-refractivity contribution in [3.05, 3.63) is 83.5 Å². The molecule has 0 unspecified atom stereocenters. The molecule has 0 spiro atoms. The van der Waals surface area contributed by atoms with Crippen LogP contribution in [0.5, 0.6) is 0 Å². The van der Waals surface area contributed by atoms with Gasteiger partial charge in [0.25, 0.3) is 0 Å². The maximum Gasteiger partial charge on any atom is 2.00 e. The Morgan fingerprint density at radius 1 is 0.833 bits per heavy atom. The Bertz CT molecular complexity index is 763. The molecule has 0 fully saturated rings. The molecule has 4 rings (SSSR count). The third-order valence-electron chi connectivity index (χ3n) is 5.13. The molecule has 0 amide bonds. The summed E-state index contributed by atoms with van der Waals surface area (Å²) in [6.45, 7) is 4.74. The predicted octanol–water partition coefficient (Wildman–Crippen LogP) is -0.717. The number of rotatable bonds is 2. The molecule has 0 aliphatic heterocycles. The minimum Gasteiger partial charge on any atom is -1.00 e. The van der Waals surface area contributed by atoms with E-state index in [4.69, 9.17) is 0 Å². The number of hydrogen-bond donors (Lipinski definition) is 0. The summed E-state index contributed by atoms with van der Waals surface area (Å²) in [5.41, 5.74) is 7.48. The fourth-order valence-electron chi connectivity index (χ4n) is 3.85. The standard InChI is InChI=1S/C21H20.2ClH.Zr/c1-21(2,16-9-4-5-10-16)20-13-7-12-18-17-11-6-3-8-15(17)14-19(18)20;;;/h3-13,16H,14H2,1-2H3;2*1H;/q;;;+2/p-2. The summed E-state index contributed by atoms with van der Waals surface area (Å²) >= 11 is 0. The maximum atomic E-state index is 2.37. The smallest absolute Gasteiger partial charge is 1.00 e. The molecular weight excluding hydrogens is 414 g/mol. The summed E-state index contributed by atoms with van der Waals surface area (Å²) in [5, 5.41) is 0. The number of allylic oxidation sites excluding steroid dienone is 4. The first-order valence-electron chi connectivity index (χ1n) is 7.73. The van der Waals surface area contributed by atoms with Gasteiger partial charge in [-0.25, -0.2) is 0 Å². The summed E-state index contributed by atoms with van der Waals surface area (Å²) in [5.74, 6) is 0.493. The van der Waals surface area contributed by atoms with Crippen LogP contribution in [0.4, 0.5) is 0 Å². The Morgan fingerprint density at radius 3 is 2.17 bits per heavy atom. The van der Waals surface area contributed by atoms with Gasteiger partial charge < -0.3 is 24.8 Å². The number of benzene rings is 2. The second-order valence-electron chi connectivity index (χ2n) is 6.68. The van der Waals surface area contributed by atoms with Crippen LogP contribution < -0.4 is 24.8 Å². The molecular formula is C21H20Cl2Zr. The molecule has 0 radical (unpaired) electrons. The van der Waals surface area contributed by atoms with Gasteiger partial charge >= 0.3 is 26.2 Å². The normalized spacial score (nSPS) is 14.2. The van der Waals surface area contributed by atoms with Gasteiger partial charge in [0.05, 0.1) is 0 Å². The van der Waals surface area contributed by atoms with Crippen molar-refractivity contribution >= 4 is 0 Å². The summed E-state index contributed by atoms with van der Waals surface area (Å²) in [4.78, 5) is 0. The molecule has 2 aromatic carbocycles. The van der Waals surface area contributed by atoms with Crippen molar-refractivity contribution in [2.45, 2.75) is 25.7 Å². The second-order valence-corrected chi connectivity index (χ2v) is 6.68. The Labute approximate surface area is 176 Å². The summed E-state index contributed by atoms with van der Waals surface area (Å²) in [6, 6.07) is 15.6. The van der Waals surface area contributed by atoms with Crippen LogP contribution in [0, 0.1) is 5.92 Å².